The molecule has 0 radical (unpaired) electrons. The predicted molar refractivity (Wildman–Crippen MR) is 81.3 cm³/mol. The van der Waals surface area contributed by atoms with Crippen LogP contribution >= 0.6 is 0 Å². The van der Waals surface area contributed by atoms with Gasteiger partial charge in [-0.2, -0.15) is 0 Å². The molecule has 1 heterocycles. The molecule has 1 aromatic rings. The van der Waals surface area contributed by atoms with Crippen LogP contribution in [0.25, 0.3) is 0 Å². The summed E-state index contributed by atoms with van der Waals surface area (Å²) in [4.78, 5) is 5.00. The van der Waals surface area contributed by atoms with E-state index in [2.05, 4.69) is 61.0 Å². The molecule has 106 valence electrons. The number of benzene rings is 1. The largest absolute Gasteiger partial charge is 0.329 e. The third-order valence-corrected chi connectivity index (χ3v) is 4.41. The van der Waals surface area contributed by atoms with Gasteiger partial charge >= 0.3 is 0 Å². The highest BCUT2D eigenvalue weighted by Gasteiger charge is 2.36. The Balaban J connectivity index is 1.94. The number of piperazine rings is 1. The van der Waals surface area contributed by atoms with Crippen molar-refractivity contribution < 1.29 is 0 Å². The smallest absolute Gasteiger partial charge is 0.0348 e. The summed E-state index contributed by atoms with van der Waals surface area (Å²) in [6.45, 7) is 8.68. The van der Waals surface area contributed by atoms with Crippen molar-refractivity contribution in [3.63, 3.8) is 0 Å². The molecule has 1 aromatic carbocycles. The molecule has 3 nitrogen and oxygen atoms in total. The summed E-state index contributed by atoms with van der Waals surface area (Å²) in [7, 11) is 2.20. The van der Waals surface area contributed by atoms with E-state index in [0.29, 0.717) is 6.04 Å². The fourth-order valence-corrected chi connectivity index (χ4v) is 2.97. The number of nitrogens with zero attached hydrogens (tertiary/aromatic N) is 2. The Morgan fingerprint density at radius 1 is 1.26 bits per heavy atom. The lowest BCUT2D eigenvalue weighted by atomic mass is 9.95. The molecule has 1 saturated heterocycles. The van der Waals surface area contributed by atoms with E-state index in [4.69, 9.17) is 5.73 Å². The van der Waals surface area contributed by atoms with Crippen molar-refractivity contribution in [1.29, 1.82) is 0 Å². The van der Waals surface area contributed by atoms with E-state index in [1.807, 2.05) is 0 Å². The van der Waals surface area contributed by atoms with Crippen molar-refractivity contribution in [2.24, 2.45) is 5.73 Å². The molecule has 1 unspecified atom stereocenters. The Labute approximate surface area is 117 Å². The monoisotopic (exact) mass is 261 g/mol. The first-order valence-electron chi connectivity index (χ1n) is 7.22. The van der Waals surface area contributed by atoms with Gasteiger partial charge in [0, 0.05) is 37.8 Å². The van der Waals surface area contributed by atoms with Crippen LogP contribution in [-0.4, -0.2) is 54.6 Å². The van der Waals surface area contributed by atoms with Crippen LogP contribution in [0.4, 0.5) is 0 Å². The van der Waals surface area contributed by atoms with E-state index in [9.17, 15) is 0 Å². The molecule has 3 heteroatoms. The van der Waals surface area contributed by atoms with Crippen LogP contribution in [0.5, 0.6) is 0 Å². The minimum atomic E-state index is 0.207. The van der Waals surface area contributed by atoms with Crippen molar-refractivity contribution in [1.82, 2.24) is 9.80 Å². The number of likely N-dealkylation sites (N-methyl/N-ethyl adjacent to an activating group) is 1. The quantitative estimate of drug-likeness (QED) is 0.893. The molecule has 19 heavy (non-hydrogen) atoms. The Hall–Kier alpha value is -0.900. The summed E-state index contributed by atoms with van der Waals surface area (Å²) in [6, 6.07) is 11.2. The summed E-state index contributed by atoms with van der Waals surface area (Å²) in [5.74, 6) is 0. The summed E-state index contributed by atoms with van der Waals surface area (Å²) < 4.78 is 0. The second-order valence-corrected chi connectivity index (χ2v) is 6.28. The SMILES string of the molecule is CN1C(CN)CN(CCc2ccccc2)CC1(C)C. The standard InChI is InChI=1S/C16H27N3/c1-16(2)13-19(12-15(11-17)18(16)3)10-9-14-7-5-4-6-8-14/h4-8,15H,9-13,17H2,1-3H3. The highest BCUT2D eigenvalue weighted by molar-refractivity contribution is 5.15. The summed E-state index contributed by atoms with van der Waals surface area (Å²) in [5, 5.41) is 0. The number of hydrogen-bond donors (Lipinski definition) is 1. The van der Waals surface area contributed by atoms with E-state index in [1.165, 1.54) is 5.56 Å². The van der Waals surface area contributed by atoms with E-state index < -0.39 is 0 Å². The van der Waals surface area contributed by atoms with Crippen LogP contribution in [-0.2, 0) is 6.42 Å². The summed E-state index contributed by atoms with van der Waals surface area (Å²) >= 11 is 0. The van der Waals surface area contributed by atoms with Crippen molar-refractivity contribution in [2.75, 3.05) is 33.2 Å². The van der Waals surface area contributed by atoms with Crippen LogP contribution < -0.4 is 5.73 Å². The third-order valence-electron chi connectivity index (χ3n) is 4.41. The van der Waals surface area contributed by atoms with Crippen molar-refractivity contribution in [3.05, 3.63) is 35.9 Å². The van der Waals surface area contributed by atoms with Crippen LogP contribution in [0.1, 0.15) is 19.4 Å². The minimum Gasteiger partial charge on any atom is -0.329 e. The number of hydrogen-bond acceptors (Lipinski definition) is 3. The molecular weight excluding hydrogens is 234 g/mol. The summed E-state index contributed by atoms with van der Waals surface area (Å²) in [5.41, 5.74) is 7.54. The fraction of sp³-hybridized carbons (Fsp3) is 0.625. The maximum atomic E-state index is 5.92. The second kappa shape index (κ2) is 6.04. The second-order valence-electron chi connectivity index (χ2n) is 6.28. The van der Waals surface area contributed by atoms with E-state index in [1.54, 1.807) is 0 Å². The van der Waals surface area contributed by atoms with Gasteiger partial charge in [0.1, 0.15) is 0 Å². The molecule has 1 aliphatic heterocycles. The van der Waals surface area contributed by atoms with Gasteiger partial charge in [-0.25, -0.2) is 0 Å². The highest BCUT2D eigenvalue weighted by atomic mass is 15.3. The molecule has 2 rings (SSSR count). The fourth-order valence-electron chi connectivity index (χ4n) is 2.97. The van der Waals surface area contributed by atoms with E-state index in [0.717, 1.165) is 32.6 Å². The molecule has 0 amide bonds. The predicted octanol–water partition coefficient (Wildman–Crippen LogP) is 1.58. The molecule has 0 saturated carbocycles. The average molecular weight is 261 g/mol. The minimum absolute atomic E-state index is 0.207. The normalized spacial score (nSPS) is 24.5. The van der Waals surface area contributed by atoms with Gasteiger partial charge in [0.15, 0.2) is 0 Å². The zero-order valence-electron chi connectivity index (χ0n) is 12.5. The van der Waals surface area contributed by atoms with Crippen molar-refractivity contribution >= 4 is 0 Å². The van der Waals surface area contributed by atoms with E-state index in [-0.39, 0.29) is 5.54 Å². The lowest BCUT2D eigenvalue weighted by Crippen LogP contribution is -2.64. The van der Waals surface area contributed by atoms with E-state index >= 15 is 0 Å². The van der Waals surface area contributed by atoms with Crippen LogP contribution in [0.2, 0.25) is 0 Å². The maximum absolute atomic E-state index is 5.92. The third kappa shape index (κ3) is 3.56. The lowest BCUT2D eigenvalue weighted by molar-refractivity contribution is -0.00215. The first kappa shape index (κ1) is 14.5. The first-order chi connectivity index (χ1) is 9.03. The summed E-state index contributed by atoms with van der Waals surface area (Å²) in [6.07, 6.45) is 1.12. The van der Waals surface area contributed by atoms with Gasteiger partial charge in [0.25, 0.3) is 0 Å². The van der Waals surface area contributed by atoms with Crippen LogP contribution in [0, 0.1) is 0 Å². The molecule has 0 aromatic heterocycles. The van der Waals surface area contributed by atoms with Gasteiger partial charge in [0.05, 0.1) is 0 Å². The molecule has 0 spiro atoms. The van der Waals surface area contributed by atoms with Gasteiger partial charge in [0.2, 0.25) is 0 Å². The topological polar surface area (TPSA) is 32.5 Å². The molecule has 1 atom stereocenters. The van der Waals surface area contributed by atoms with Gasteiger partial charge in [-0.1, -0.05) is 30.3 Å². The van der Waals surface area contributed by atoms with Crippen LogP contribution in [0.3, 0.4) is 0 Å². The Morgan fingerprint density at radius 3 is 2.58 bits per heavy atom. The van der Waals surface area contributed by atoms with Crippen molar-refractivity contribution in [3.8, 4) is 0 Å². The zero-order valence-corrected chi connectivity index (χ0v) is 12.5. The number of nitrogens with two attached hydrogens (primary N) is 1. The molecule has 0 aliphatic carbocycles. The van der Waals surface area contributed by atoms with Gasteiger partial charge in [-0.15, -0.1) is 0 Å². The molecule has 0 bridgehead atoms. The zero-order chi connectivity index (χ0) is 13.9. The Kier molecular flexibility index (Phi) is 4.61. The lowest BCUT2D eigenvalue weighted by Gasteiger charge is -2.50. The molecule has 1 fully saturated rings. The van der Waals surface area contributed by atoms with Gasteiger partial charge in [-0.05, 0) is 32.9 Å². The van der Waals surface area contributed by atoms with Gasteiger partial charge < -0.3 is 5.73 Å². The number of rotatable bonds is 4. The van der Waals surface area contributed by atoms with Crippen molar-refractivity contribution in [2.45, 2.75) is 31.8 Å². The first-order valence-corrected chi connectivity index (χ1v) is 7.22. The Morgan fingerprint density at radius 2 is 1.95 bits per heavy atom. The Bertz CT molecular complexity index is 388. The molecular formula is C16H27N3. The molecule has 1 aliphatic rings. The highest BCUT2D eigenvalue weighted by Crippen LogP contribution is 2.23. The van der Waals surface area contributed by atoms with Crippen LogP contribution in [0.15, 0.2) is 30.3 Å². The van der Waals surface area contributed by atoms with Gasteiger partial charge in [-0.3, -0.25) is 9.80 Å². The average Bonchev–Trinajstić information content (AvgIpc) is 2.41. The molecule has 2 N–H and O–H groups in total. The maximum Gasteiger partial charge on any atom is 0.0348 e.